The van der Waals surface area contributed by atoms with E-state index in [1.807, 2.05) is 49.4 Å². The maximum atomic E-state index is 12.6. The molecule has 3 rings (SSSR count). The molecule has 1 atom stereocenters. The van der Waals surface area contributed by atoms with Gasteiger partial charge in [0, 0.05) is 11.7 Å². The Morgan fingerprint density at radius 3 is 2.36 bits per heavy atom. The van der Waals surface area contributed by atoms with Crippen LogP contribution in [0.25, 0.3) is 0 Å². The summed E-state index contributed by atoms with van der Waals surface area (Å²) in [5.74, 6) is 0.346. The Balaban J connectivity index is 1.77. The molecule has 1 unspecified atom stereocenters. The summed E-state index contributed by atoms with van der Waals surface area (Å²) in [4.78, 5) is 33.8. The Bertz CT molecular complexity index is 1320. The van der Waals surface area contributed by atoms with Gasteiger partial charge in [-0.2, -0.15) is 4.99 Å². The van der Waals surface area contributed by atoms with Crippen molar-refractivity contribution in [1.29, 1.82) is 0 Å². The van der Waals surface area contributed by atoms with Crippen molar-refractivity contribution in [2.75, 3.05) is 0 Å². The molecule has 0 spiro atoms. The highest BCUT2D eigenvalue weighted by atomic mass is 16.5. The van der Waals surface area contributed by atoms with Crippen molar-refractivity contribution < 1.29 is 19.1 Å². The normalized spacial score (nSPS) is 12.5. The smallest absolute Gasteiger partial charge is 0.316 e. The van der Waals surface area contributed by atoms with Gasteiger partial charge in [-0.05, 0) is 64.3 Å². The highest BCUT2D eigenvalue weighted by molar-refractivity contribution is 5.94. The molecule has 0 radical (unpaired) electrons. The molecule has 1 heterocycles. The molecule has 8 nitrogen and oxygen atoms in total. The van der Waals surface area contributed by atoms with Crippen LogP contribution in [-0.4, -0.2) is 27.3 Å². The molecule has 1 amide bonds. The predicted molar refractivity (Wildman–Crippen MR) is 152 cm³/mol. The van der Waals surface area contributed by atoms with E-state index < -0.39 is 5.41 Å². The van der Waals surface area contributed by atoms with Gasteiger partial charge in [0.1, 0.15) is 23.9 Å². The van der Waals surface area contributed by atoms with Crippen molar-refractivity contribution in [1.82, 2.24) is 14.9 Å². The largest absolute Gasteiger partial charge is 0.471 e. The molecule has 0 aliphatic rings. The van der Waals surface area contributed by atoms with Crippen LogP contribution in [0.5, 0.6) is 5.75 Å². The number of rotatable bonds is 10. The van der Waals surface area contributed by atoms with E-state index in [-0.39, 0.29) is 42.7 Å². The van der Waals surface area contributed by atoms with Crippen molar-refractivity contribution >= 4 is 17.8 Å². The van der Waals surface area contributed by atoms with Crippen LogP contribution in [0.4, 0.5) is 0 Å². The number of hydrogen-bond acceptors (Lipinski definition) is 6. The summed E-state index contributed by atoms with van der Waals surface area (Å²) < 4.78 is 13.6. The molecule has 3 aromatic rings. The van der Waals surface area contributed by atoms with Gasteiger partial charge in [0.15, 0.2) is 0 Å². The van der Waals surface area contributed by atoms with Crippen molar-refractivity contribution in [3.8, 4) is 5.75 Å². The van der Waals surface area contributed by atoms with Gasteiger partial charge >= 0.3 is 5.97 Å². The quantitative estimate of drug-likeness (QED) is 0.152. The van der Waals surface area contributed by atoms with Crippen molar-refractivity contribution in [2.45, 2.75) is 67.0 Å². The molecule has 0 aliphatic heterocycles. The summed E-state index contributed by atoms with van der Waals surface area (Å²) in [6, 6.07) is 16.8. The third kappa shape index (κ3) is 8.40. The lowest BCUT2D eigenvalue weighted by Gasteiger charge is -2.16. The third-order valence-electron chi connectivity index (χ3n) is 6.16. The second-order valence-corrected chi connectivity index (χ2v) is 10.5. The number of esters is 1. The van der Waals surface area contributed by atoms with E-state index in [4.69, 9.17) is 9.47 Å². The second-order valence-electron chi connectivity index (χ2n) is 10.5. The average molecular weight is 531 g/mol. The van der Waals surface area contributed by atoms with Gasteiger partial charge in [-0.15, -0.1) is 0 Å². The van der Waals surface area contributed by atoms with Crippen molar-refractivity contribution in [3.05, 3.63) is 95.8 Å². The maximum Gasteiger partial charge on any atom is 0.316 e. The number of benzene rings is 2. The van der Waals surface area contributed by atoms with Crippen LogP contribution in [0.15, 0.2) is 78.3 Å². The summed E-state index contributed by atoms with van der Waals surface area (Å²) in [6.45, 7) is 15.7. The van der Waals surface area contributed by atoms with Gasteiger partial charge < -0.3 is 19.4 Å². The monoisotopic (exact) mass is 530 g/mol. The van der Waals surface area contributed by atoms with Gasteiger partial charge in [0.2, 0.25) is 11.8 Å². The lowest BCUT2D eigenvalue weighted by Crippen LogP contribution is -2.25. The van der Waals surface area contributed by atoms with Gasteiger partial charge in [-0.1, -0.05) is 56.0 Å². The first-order valence-corrected chi connectivity index (χ1v) is 13.1. The molecular formula is C31H38N4O4. The predicted octanol–water partition coefficient (Wildman–Crippen LogP) is 5.91. The molecule has 0 bridgehead atoms. The summed E-state index contributed by atoms with van der Waals surface area (Å²) in [5, 5.41) is 2.74. The number of nitrogens with one attached hydrogen (secondary N) is 1. The lowest BCUT2D eigenvalue weighted by atomic mass is 9.97. The average Bonchev–Trinajstić information content (AvgIpc) is 3.27. The third-order valence-corrected chi connectivity index (χ3v) is 6.16. The van der Waals surface area contributed by atoms with Crippen LogP contribution >= 0.6 is 0 Å². The zero-order valence-electron chi connectivity index (χ0n) is 23.7. The fraction of sp³-hybridized carbons (Fsp3) is 0.355. The summed E-state index contributed by atoms with van der Waals surface area (Å²) in [7, 11) is 0. The highest BCUT2D eigenvalue weighted by Crippen LogP contribution is 2.21. The number of ether oxygens (including phenoxy) is 2. The van der Waals surface area contributed by atoms with Gasteiger partial charge in [0.05, 0.1) is 18.2 Å². The van der Waals surface area contributed by atoms with Crippen LogP contribution in [-0.2, 0) is 27.4 Å². The minimum absolute atomic E-state index is 0.160. The molecule has 1 aromatic heterocycles. The Morgan fingerprint density at radius 1 is 1.08 bits per heavy atom. The minimum Gasteiger partial charge on any atom is -0.471 e. The van der Waals surface area contributed by atoms with E-state index in [1.165, 1.54) is 0 Å². The summed E-state index contributed by atoms with van der Waals surface area (Å²) in [5.41, 5.74) is 2.61. The van der Waals surface area contributed by atoms with Crippen LogP contribution in [0.2, 0.25) is 0 Å². The first-order valence-electron chi connectivity index (χ1n) is 13.1. The van der Waals surface area contributed by atoms with E-state index in [9.17, 15) is 9.59 Å². The summed E-state index contributed by atoms with van der Waals surface area (Å²) >= 11 is 0. The first kappa shape index (κ1) is 29.4. The molecule has 8 heteroatoms. The zero-order valence-corrected chi connectivity index (χ0v) is 23.7. The van der Waals surface area contributed by atoms with E-state index in [1.54, 1.807) is 39.2 Å². The van der Waals surface area contributed by atoms with E-state index in [0.29, 0.717) is 11.4 Å². The molecule has 0 saturated carbocycles. The van der Waals surface area contributed by atoms with Crippen molar-refractivity contribution in [2.24, 2.45) is 10.4 Å². The number of aliphatic imine (C=N–C) groups is 1. The van der Waals surface area contributed by atoms with E-state index >= 15 is 0 Å². The zero-order chi connectivity index (χ0) is 28.6. The Hall–Kier alpha value is -4.20. The molecule has 1 N–H and O–H groups in total. The second kappa shape index (κ2) is 13.0. The number of amides is 1. The Labute approximate surface area is 230 Å². The number of imidazole rings is 1. The minimum atomic E-state index is -0.595. The molecule has 206 valence electrons. The van der Waals surface area contributed by atoms with Crippen LogP contribution in [0.1, 0.15) is 69.6 Å². The fourth-order valence-corrected chi connectivity index (χ4v) is 3.63. The topological polar surface area (TPSA) is 94.8 Å². The number of carbonyl (C=O) groups is 2. The van der Waals surface area contributed by atoms with Gasteiger partial charge in [-0.3, -0.25) is 9.59 Å². The van der Waals surface area contributed by atoms with Gasteiger partial charge in [-0.25, -0.2) is 4.98 Å². The highest BCUT2D eigenvalue weighted by Gasteiger charge is 2.23. The fourth-order valence-electron chi connectivity index (χ4n) is 3.63. The van der Waals surface area contributed by atoms with E-state index in [2.05, 4.69) is 40.3 Å². The molecule has 0 saturated heterocycles. The van der Waals surface area contributed by atoms with Crippen LogP contribution < -0.4 is 10.1 Å². The maximum absolute atomic E-state index is 12.6. The SMILES string of the molecule is C=C(N=C(OCc1ccc(OC(=O)C(C)(C)C)cc1)c1ncn(C(C)CC)c1C)NC(=O)Cc1ccccc1. The Kier molecular flexibility index (Phi) is 9.82. The number of nitrogens with zero attached hydrogens (tertiary/aromatic N) is 3. The van der Waals surface area contributed by atoms with Gasteiger partial charge in [0.25, 0.3) is 0 Å². The first-order chi connectivity index (χ1) is 18.5. The molecule has 39 heavy (non-hydrogen) atoms. The van der Waals surface area contributed by atoms with Crippen LogP contribution in [0, 0.1) is 12.3 Å². The Morgan fingerprint density at radius 2 is 1.74 bits per heavy atom. The van der Waals surface area contributed by atoms with E-state index in [0.717, 1.165) is 23.2 Å². The van der Waals surface area contributed by atoms with Crippen molar-refractivity contribution in [3.63, 3.8) is 0 Å². The standard InChI is InChI=1S/C31H38N4O4/c1-8-21(2)35-20-32-28(22(35)3)29(34-23(4)33-27(36)18-24-12-10-9-11-13-24)38-19-25-14-16-26(17-15-25)39-30(37)31(5,6)7/h9-17,20-21H,4,8,18-19H2,1-3,5-7H3,(H,33,36). The molecule has 0 fully saturated rings. The lowest BCUT2D eigenvalue weighted by molar-refractivity contribution is -0.143. The molecule has 2 aromatic carbocycles. The van der Waals surface area contributed by atoms with Crippen LogP contribution in [0.3, 0.4) is 0 Å². The number of hydrogen-bond donors (Lipinski definition) is 1. The number of carbonyl (C=O) groups excluding carboxylic acids is 2. The number of aromatic nitrogens is 2. The molecular weight excluding hydrogens is 492 g/mol. The summed E-state index contributed by atoms with van der Waals surface area (Å²) in [6.07, 6.45) is 2.92. The molecule has 0 aliphatic carbocycles.